The van der Waals surface area contributed by atoms with Crippen LogP contribution in [0.4, 0.5) is 10.5 Å². The summed E-state index contributed by atoms with van der Waals surface area (Å²) in [7, 11) is 0. The molecule has 2 aliphatic heterocycles. The molecule has 11 heteroatoms. The number of hydrogen-bond donors (Lipinski definition) is 2. The lowest BCUT2D eigenvalue weighted by atomic mass is 9.90. The third-order valence-electron chi connectivity index (χ3n) is 9.08. The van der Waals surface area contributed by atoms with Gasteiger partial charge in [-0.25, -0.2) is 14.7 Å². The van der Waals surface area contributed by atoms with Gasteiger partial charge in [0.1, 0.15) is 12.6 Å². The number of imide groups is 1. The van der Waals surface area contributed by atoms with Crippen molar-refractivity contribution >= 4 is 34.6 Å². The van der Waals surface area contributed by atoms with E-state index in [1.54, 1.807) is 18.2 Å². The number of nitrogens with one attached hydrogen (secondary N) is 1. The molecule has 0 spiro atoms. The molecule has 2 aliphatic rings. The van der Waals surface area contributed by atoms with Crippen LogP contribution in [0.15, 0.2) is 109 Å². The number of para-hydroxylation sites is 2. The summed E-state index contributed by atoms with van der Waals surface area (Å²) in [6.07, 6.45) is -0.645. The number of hydrogen-bond acceptors (Lipinski definition) is 8. The zero-order valence-electron chi connectivity index (χ0n) is 26.8. The number of ether oxygens (including phenoxy) is 3. The fraction of sp³-hybridized carbons (Fsp3) is 0.263. The van der Waals surface area contributed by atoms with Crippen LogP contribution in [-0.4, -0.2) is 44.7 Å². The highest BCUT2D eigenvalue weighted by Gasteiger charge is 2.42. The summed E-state index contributed by atoms with van der Waals surface area (Å²) in [5, 5.41) is 12.1. The highest BCUT2D eigenvalue weighted by Crippen LogP contribution is 2.43. The average Bonchev–Trinajstić information content (AvgIpc) is 3.67. The van der Waals surface area contributed by atoms with Gasteiger partial charge in [0.15, 0.2) is 6.29 Å². The van der Waals surface area contributed by atoms with Gasteiger partial charge in [-0.05, 0) is 41.0 Å². The van der Waals surface area contributed by atoms with Crippen LogP contribution in [0.5, 0.6) is 0 Å². The number of imidazole rings is 1. The standard InChI is InChI=1S/C38H36N4O7/c1-24-33(20-41-23-39-30-12-5-6-13-32(30)41)48-37(49-35(24)27-16-14-25(21-43)15-17-27)28-10-7-11-29(18-28)42-34(44)19-31(36(42)45)40-38(46)47-22-26-8-3-2-4-9-26/h2-18,23-24,31,33,35,37,43H,19-22H2,1H3,(H,40,46)/t24-,31?,33+,35+,37+/m1/s1. The first-order valence-electron chi connectivity index (χ1n) is 16.2. The van der Waals surface area contributed by atoms with Crippen LogP contribution in [0.2, 0.25) is 0 Å². The lowest BCUT2D eigenvalue weighted by Crippen LogP contribution is -2.42. The van der Waals surface area contributed by atoms with Gasteiger partial charge in [0.05, 0.1) is 54.8 Å². The molecule has 49 heavy (non-hydrogen) atoms. The van der Waals surface area contributed by atoms with Crippen molar-refractivity contribution in [3.8, 4) is 0 Å². The Morgan fingerprint density at radius 2 is 1.69 bits per heavy atom. The lowest BCUT2D eigenvalue weighted by molar-refractivity contribution is -0.276. The van der Waals surface area contributed by atoms with Crippen molar-refractivity contribution < 1.29 is 33.7 Å². The number of anilines is 1. The minimum atomic E-state index is -1.05. The Morgan fingerprint density at radius 3 is 2.49 bits per heavy atom. The molecule has 1 aromatic heterocycles. The maximum Gasteiger partial charge on any atom is 0.408 e. The first-order chi connectivity index (χ1) is 23.9. The van der Waals surface area contributed by atoms with Crippen LogP contribution in [0, 0.1) is 5.92 Å². The average molecular weight is 661 g/mol. The molecule has 2 N–H and O–H groups in total. The van der Waals surface area contributed by atoms with Gasteiger partial charge in [0, 0.05) is 11.5 Å². The number of benzene rings is 4. The van der Waals surface area contributed by atoms with Crippen LogP contribution < -0.4 is 10.2 Å². The normalized spacial score (nSPS) is 22.4. The number of aliphatic hydroxyl groups excluding tert-OH is 1. The van der Waals surface area contributed by atoms with Crippen molar-refractivity contribution in [1.29, 1.82) is 0 Å². The van der Waals surface area contributed by atoms with Crippen LogP contribution in [0.25, 0.3) is 11.0 Å². The maximum absolute atomic E-state index is 13.4. The third kappa shape index (κ3) is 6.82. The number of carbonyl (C=O) groups excluding carboxylic acids is 3. The summed E-state index contributed by atoms with van der Waals surface area (Å²) in [4.78, 5) is 44.7. The van der Waals surface area contributed by atoms with Crippen molar-refractivity contribution in [3.63, 3.8) is 0 Å². The maximum atomic E-state index is 13.4. The molecule has 5 atom stereocenters. The zero-order chi connectivity index (χ0) is 33.9. The van der Waals surface area contributed by atoms with Crippen LogP contribution >= 0.6 is 0 Å². The number of alkyl carbamates (subject to hydrolysis) is 1. The smallest absolute Gasteiger partial charge is 0.408 e. The second kappa shape index (κ2) is 14.0. The van der Waals surface area contributed by atoms with Crippen LogP contribution in [0.1, 0.15) is 48.0 Å². The highest BCUT2D eigenvalue weighted by molar-refractivity contribution is 6.22. The predicted molar refractivity (Wildman–Crippen MR) is 180 cm³/mol. The van der Waals surface area contributed by atoms with Crippen molar-refractivity contribution in [2.75, 3.05) is 4.90 Å². The number of carbonyl (C=O) groups is 3. The lowest BCUT2D eigenvalue weighted by Gasteiger charge is -2.41. The first-order valence-corrected chi connectivity index (χ1v) is 16.2. The van der Waals surface area contributed by atoms with E-state index >= 15 is 0 Å². The van der Waals surface area contributed by atoms with E-state index in [1.165, 1.54) is 0 Å². The van der Waals surface area contributed by atoms with E-state index in [2.05, 4.69) is 21.8 Å². The Kier molecular flexibility index (Phi) is 9.21. The molecule has 3 heterocycles. The minimum absolute atomic E-state index is 0.0396. The monoisotopic (exact) mass is 660 g/mol. The quantitative estimate of drug-likeness (QED) is 0.196. The molecule has 0 radical (unpaired) electrons. The molecule has 7 rings (SSSR count). The first kappa shape index (κ1) is 32.2. The molecular formula is C38H36N4O7. The molecule has 0 aliphatic carbocycles. The van der Waals surface area contributed by atoms with Crippen molar-refractivity contribution in [3.05, 3.63) is 132 Å². The Bertz CT molecular complexity index is 1960. The largest absolute Gasteiger partial charge is 0.445 e. The van der Waals surface area contributed by atoms with E-state index in [0.29, 0.717) is 17.8 Å². The van der Waals surface area contributed by atoms with Crippen LogP contribution in [-0.2, 0) is 43.6 Å². The Balaban J connectivity index is 1.11. The van der Waals surface area contributed by atoms with E-state index in [1.807, 2.05) is 91.3 Å². The van der Waals surface area contributed by atoms with E-state index in [0.717, 1.165) is 32.6 Å². The van der Waals surface area contributed by atoms with Gasteiger partial charge in [0.25, 0.3) is 5.91 Å². The Labute approximate surface area is 283 Å². The van der Waals surface area contributed by atoms with E-state index in [4.69, 9.17) is 14.2 Å². The molecule has 11 nitrogen and oxygen atoms in total. The van der Waals surface area contributed by atoms with Gasteiger partial charge >= 0.3 is 6.09 Å². The van der Waals surface area contributed by atoms with Crippen LogP contribution in [0.3, 0.4) is 0 Å². The molecular weight excluding hydrogens is 624 g/mol. The van der Waals surface area contributed by atoms with Gasteiger partial charge in [-0.15, -0.1) is 0 Å². The SMILES string of the molecule is C[C@@H]1[C@H](Cn2cnc3ccccc32)O[C@H](c2cccc(N3C(=O)CC(NC(=O)OCc4ccccc4)C3=O)c2)O[C@@H]1c1ccc(CO)cc1. The molecule has 5 aromatic rings. The molecule has 3 amide bonds. The van der Waals surface area contributed by atoms with Crippen molar-refractivity contribution in [2.45, 2.75) is 57.6 Å². The summed E-state index contributed by atoms with van der Waals surface area (Å²) in [6, 6.07) is 30.7. The van der Waals surface area contributed by atoms with E-state index in [9.17, 15) is 19.5 Å². The van der Waals surface area contributed by atoms with Crippen molar-refractivity contribution in [2.24, 2.45) is 5.92 Å². The summed E-state index contributed by atoms with van der Waals surface area (Å²) in [6.45, 7) is 2.58. The molecule has 0 saturated carbocycles. The number of rotatable bonds is 9. The van der Waals surface area contributed by atoms with E-state index < -0.39 is 30.2 Å². The fourth-order valence-electron chi connectivity index (χ4n) is 6.41. The molecule has 250 valence electrons. The molecule has 1 unspecified atom stereocenters. The topological polar surface area (TPSA) is 132 Å². The van der Waals surface area contributed by atoms with Gasteiger partial charge in [-0.1, -0.05) is 85.8 Å². The third-order valence-corrected chi connectivity index (χ3v) is 9.08. The summed E-state index contributed by atoms with van der Waals surface area (Å²) in [5.74, 6) is -1.07. The highest BCUT2D eigenvalue weighted by atomic mass is 16.7. The van der Waals surface area contributed by atoms with Gasteiger partial charge < -0.3 is 29.2 Å². The summed E-state index contributed by atoms with van der Waals surface area (Å²) in [5.41, 5.74) is 5.39. The fourth-order valence-corrected chi connectivity index (χ4v) is 6.41. The second-order valence-electron chi connectivity index (χ2n) is 12.3. The second-order valence-corrected chi connectivity index (χ2v) is 12.3. The van der Waals surface area contributed by atoms with Gasteiger partial charge in [-0.3, -0.25) is 9.59 Å². The minimum Gasteiger partial charge on any atom is -0.445 e. The molecule has 2 fully saturated rings. The molecule has 4 aromatic carbocycles. The number of amides is 3. The van der Waals surface area contributed by atoms with E-state index in [-0.39, 0.29) is 37.8 Å². The molecule has 0 bridgehead atoms. The Morgan fingerprint density at radius 1 is 0.918 bits per heavy atom. The van der Waals surface area contributed by atoms with Gasteiger partial charge in [-0.2, -0.15) is 0 Å². The summed E-state index contributed by atoms with van der Waals surface area (Å²) >= 11 is 0. The number of aromatic nitrogens is 2. The number of nitrogens with zero attached hydrogens (tertiary/aromatic N) is 3. The number of fused-ring (bicyclic) bond motifs is 1. The number of aliphatic hydroxyl groups is 1. The zero-order valence-corrected chi connectivity index (χ0v) is 26.8. The predicted octanol–water partition coefficient (Wildman–Crippen LogP) is 5.58. The van der Waals surface area contributed by atoms with Crippen molar-refractivity contribution in [1.82, 2.24) is 14.9 Å². The van der Waals surface area contributed by atoms with Gasteiger partial charge in [0.2, 0.25) is 5.91 Å². The summed E-state index contributed by atoms with van der Waals surface area (Å²) < 4.78 is 20.6. The Hall–Kier alpha value is -5.36. The molecule has 2 saturated heterocycles.